The van der Waals surface area contributed by atoms with Gasteiger partial charge in [0.1, 0.15) is 17.1 Å². The predicted octanol–water partition coefficient (Wildman–Crippen LogP) is 4.70. The molecule has 4 aromatic rings. The Labute approximate surface area is 219 Å². The Balaban J connectivity index is 1.30. The van der Waals surface area contributed by atoms with Crippen LogP contribution in [0, 0.1) is 5.82 Å². The molecule has 0 aliphatic carbocycles. The van der Waals surface area contributed by atoms with Crippen molar-refractivity contribution in [1.29, 1.82) is 0 Å². The molecule has 0 spiro atoms. The summed E-state index contributed by atoms with van der Waals surface area (Å²) in [6, 6.07) is 22.4. The zero-order valence-electron chi connectivity index (χ0n) is 20.8. The monoisotopic (exact) mass is 514 g/mol. The molecule has 194 valence electrons. The summed E-state index contributed by atoms with van der Waals surface area (Å²) in [6.45, 7) is 4.52. The Bertz CT molecular complexity index is 1400. The molecular weight excluding hydrogens is 487 g/mol. The molecule has 5 rings (SSSR count). The van der Waals surface area contributed by atoms with Gasteiger partial charge in [-0.2, -0.15) is 5.10 Å². The Morgan fingerprint density at radius 2 is 1.63 bits per heavy atom. The van der Waals surface area contributed by atoms with E-state index in [4.69, 9.17) is 9.47 Å². The van der Waals surface area contributed by atoms with E-state index in [2.05, 4.69) is 15.3 Å². The third-order valence-corrected chi connectivity index (χ3v) is 6.24. The Kier molecular flexibility index (Phi) is 7.46. The second-order valence-electron chi connectivity index (χ2n) is 8.86. The molecule has 1 atom stereocenters. The van der Waals surface area contributed by atoms with Gasteiger partial charge < -0.3 is 19.7 Å². The van der Waals surface area contributed by atoms with Crippen molar-refractivity contribution in [2.24, 2.45) is 0 Å². The molecule has 0 radical (unpaired) electrons. The molecule has 1 aliphatic heterocycles. The molecule has 38 heavy (non-hydrogen) atoms. The second kappa shape index (κ2) is 11.3. The molecular formula is C29H27FN4O4. The third kappa shape index (κ3) is 5.73. The fraction of sp³-hybridized carbons (Fsp3) is 0.207. The predicted molar refractivity (Wildman–Crippen MR) is 142 cm³/mol. The lowest BCUT2D eigenvalue weighted by Gasteiger charge is -2.28. The van der Waals surface area contributed by atoms with E-state index in [1.54, 1.807) is 23.0 Å². The molecule has 1 aromatic heterocycles. The van der Waals surface area contributed by atoms with Crippen molar-refractivity contribution in [2.45, 2.75) is 13.0 Å². The van der Waals surface area contributed by atoms with Crippen molar-refractivity contribution >= 4 is 23.3 Å². The van der Waals surface area contributed by atoms with Gasteiger partial charge in [0, 0.05) is 36.2 Å². The number of rotatable bonds is 7. The van der Waals surface area contributed by atoms with Gasteiger partial charge in [-0.05, 0) is 67.6 Å². The Hall–Kier alpha value is -4.50. The Morgan fingerprint density at radius 3 is 2.32 bits per heavy atom. The van der Waals surface area contributed by atoms with E-state index >= 15 is 0 Å². The summed E-state index contributed by atoms with van der Waals surface area (Å²) in [4.78, 5) is 28.2. The van der Waals surface area contributed by atoms with Crippen LogP contribution in [0.2, 0.25) is 0 Å². The van der Waals surface area contributed by atoms with Crippen LogP contribution < -0.4 is 10.2 Å². The van der Waals surface area contributed by atoms with Crippen molar-refractivity contribution < 1.29 is 23.5 Å². The summed E-state index contributed by atoms with van der Waals surface area (Å²) in [5.41, 5.74) is 3.42. The molecule has 8 nitrogen and oxygen atoms in total. The number of nitrogens with one attached hydrogen (secondary N) is 1. The molecule has 0 unspecified atom stereocenters. The van der Waals surface area contributed by atoms with Gasteiger partial charge in [0.15, 0.2) is 6.10 Å². The number of carbonyl (C=O) groups excluding carboxylic acids is 2. The molecule has 9 heteroatoms. The SMILES string of the molecule is C[C@@H](OC(=O)c1cn(-c2ccccc2)nc1-c1ccc(F)cc1)C(=O)Nc1ccc(N2CCOCC2)cc1. The number of morpholine rings is 1. The number of esters is 1. The summed E-state index contributed by atoms with van der Waals surface area (Å²) < 4.78 is 26.0. The number of halogens is 1. The van der Waals surface area contributed by atoms with Gasteiger partial charge in [-0.1, -0.05) is 18.2 Å². The topological polar surface area (TPSA) is 85.7 Å². The van der Waals surface area contributed by atoms with E-state index in [-0.39, 0.29) is 5.56 Å². The summed E-state index contributed by atoms with van der Waals surface area (Å²) in [5.74, 6) is -1.57. The number of carbonyl (C=O) groups is 2. The number of amides is 1. The molecule has 3 aromatic carbocycles. The van der Waals surface area contributed by atoms with Crippen LogP contribution in [-0.2, 0) is 14.3 Å². The molecule has 1 amide bonds. The van der Waals surface area contributed by atoms with Crippen LogP contribution in [0.1, 0.15) is 17.3 Å². The first-order valence-corrected chi connectivity index (χ1v) is 12.3. The van der Waals surface area contributed by atoms with Gasteiger partial charge in [0.2, 0.25) is 0 Å². The van der Waals surface area contributed by atoms with E-state index in [1.807, 2.05) is 54.6 Å². The van der Waals surface area contributed by atoms with Gasteiger partial charge in [0.05, 0.1) is 18.9 Å². The number of hydrogen-bond acceptors (Lipinski definition) is 6. The van der Waals surface area contributed by atoms with Crippen molar-refractivity contribution in [2.75, 3.05) is 36.5 Å². The van der Waals surface area contributed by atoms with Crippen LogP contribution in [0.5, 0.6) is 0 Å². The molecule has 1 saturated heterocycles. The highest BCUT2D eigenvalue weighted by molar-refractivity contribution is 6.00. The molecule has 1 aliphatic rings. The number of anilines is 2. The summed E-state index contributed by atoms with van der Waals surface area (Å²) in [5, 5.41) is 7.34. The van der Waals surface area contributed by atoms with E-state index in [1.165, 1.54) is 19.1 Å². The van der Waals surface area contributed by atoms with Crippen molar-refractivity contribution in [3.05, 3.63) is 96.4 Å². The number of para-hydroxylation sites is 1. The zero-order chi connectivity index (χ0) is 26.5. The van der Waals surface area contributed by atoms with Gasteiger partial charge in [0.25, 0.3) is 5.91 Å². The van der Waals surface area contributed by atoms with Gasteiger partial charge in [-0.15, -0.1) is 0 Å². The van der Waals surface area contributed by atoms with Gasteiger partial charge in [-0.3, -0.25) is 4.79 Å². The Morgan fingerprint density at radius 1 is 0.947 bits per heavy atom. The highest BCUT2D eigenvalue weighted by Gasteiger charge is 2.25. The van der Waals surface area contributed by atoms with Crippen LogP contribution in [0.3, 0.4) is 0 Å². The molecule has 2 heterocycles. The second-order valence-corrected chi connectivity index (χ2v) is 8.86. The van der Waals surface area contributed by atoms with E-state index in [0.717, 1.165) is 24.5 Å². The third-order valence-electron chi connectivity index (χ3n) is 6.24. The minimum atomic E-state index is -1.07. The van der Waals surface area contributed by atoms with Crippen LogP contribution in [-0.4, -0.2) is 54.1 Å². The number of benzene rings is 3. The summed E-state index contributed by atoms with van der Waals surface area (Å²) >= 11 is 0. The normalized spacial score (nSPS) is 14.1. The van der Waals surface area contributed by atoms with Crippen LogP contribution >= 0.6 is 0 Å². The van der Waals surface area contributed by atoms with Crippen molar-refractivity contribution in [3.8, 4) is 16.9 Å². The average molecular weight is 515 g/mol. The first-order chi connectivity index (χ1) is 18.5. The fourth-order valence-electron chi connectivity index (χ4n) is 4.16. The zero-order valence-corrected chi connectivity index (χ0v) is 20.8. The fourth-order valence-corrected chi connectivity index (χ4v) is 4.16. The average Bonchev–Trinajstić information content (AvgIpc) is 3.41. The quantitative estimate of drug-likeness (QED) is 0.360. The molecule has 0 saturated carbocycles. The maximum atomic E-state index is 13.5. The van der Waals surface area contributed by atoms with E-state index < -0.39 is 23.8 Å². The summed E-state index contributed by atoms with van der Waals surface area (Å²) in [7, 11) is 0. The summed E-state index contributed by atoms with van der Waals surface area (Å²) in [6.07, 6.45) is 0.480. The first kappa shape index (κ1) is 25.2. The molecule has 1 fully saturated rings. The minimum absolute atomic E-state index is 0.162. The van der Waals surface area contributed by atoms with E-state index in [0.29, 0.717) is 30.2 Å². The number of nitrogens with zero attached hydrogens (tertiary/aromatic N) is 3. The number of ether oxygens (including phenoxy) is 2. The maximum Gasteiger partial charge on any atom is 0.342 e. The van der Waals surface area contributed by atoms with Gasteiger partial charge in [-0.25, -0.2) is 13.9 Å². The smallest absolute Gasteiger partial charge is 0.342 e. The number of aromatic nitrogens is 2. The highest BCUT2D eigenvalue weighted by atomic mass is 19.1. The van der Waals surface area contributed by atoms with E-state index in [9.17, 15) is 14.0 Å². The van der Waals surface area contributed by atoms with Crippen molar-refractivity contribution in [3.63, 3.8) is 0 Å². The number of hydrogen-bond donors (Lipinski definition) is 1. The molecule has 1 N–H and O–H groups in total. The minimum Gasteiger partial charge on any atom is -0.449 e. The van der Waals surface area contributed by atoms with Crippen molar-refractivity contribution in [1.82, 2.24) is 9.78 Å². The van der Waals surface area contributed by atoms with Gasteiger partial charge >= 0.3 is 5.97 Å². The molecule has 0 bridgehead atoms. The lowest BCUT2D eigenvalue weighted by Crippen LogP contribution is -2.36. The lowest BCUT2D eigenvalue weighted by atomic mass is 10.1. The largest absolute Gasteiger partial charge is 0.449 e. The van der Waals surface area contributed by atoms with Crippen LogP contribution in [0.25, 0.3) is 16.9 Å². The highest BCUT2D eigenvalue weighted by Crippen LogP contribution is 2.25. The standard InChI is InChI=1S/C29H27FN4O4/c1-20(28(35)31-23-11-13-24(14-12-23)33-15-17-37-18-16-33)38-29(36)26-19-34(25-5-3-2-4-6-25)32-27(26)21-7-9-22(30)10-8-21/h2-14,19-20H,15-18H2,1H3,(H,31,35)/t20-/m1/s1. The lowest BCUT2D eigenvalue weighted by molar-refractivity contribution is -0.123. The van der Waals surface area contributed by atoms with Crippen LogP contribution in [0.15, 0.2) is 85.1 Å². The first-order valence-electron chi connectivity index (χ1n) is 12.3. The van der Waals surface area contributed by atoms with Crippen LogP contribution in [0.4, 0.5) is 15.8 Å². The maximum absolute atomic E-state index is 13.5.